The van der Waals surface area contributed by atoms with Crippen LogP contribution in [0, 0.1) is 0 Å². The third-order valence-electron chi connectivity index (χ3n) is 3.05. The summed E-state index contributed by atoms with van der Waals surface area (Å²) in [5.74, 6) is 0.0386. The van der Waals surface area contributed by atoms with Crippen molar-refractivity contribution in [2.45, 2.75) is 32.3 Å². The Morgan fingerprint density at radius 2 is 2.28 bits per heavy atom. The van der Waals surface area contributed by atoms with Gasteiger partial charge in [-0.15, -0.1) is 0 Å². The monoisotopic (exact) mass is 249 g/mol. The second kappa shape index (κ2) is 5.27. The zero-order chi connectivity index (χ0) is 13.1. The van der Waals surface area contributed by atoms with Gasteiger partial charge in [0.1, 0.15) is 0 Å². The third-order valence-corrected chi connectivity index (χ3v) is 3.05. The molecule has 5 heteroatoms. The predicted octanol–water partition coefficient (Wildman–Crippen LogP) is 1.34. The highest BCUT2D eigenvalue weighted by molar-refractivity contribution is 5.95. The van der Waals surface area contributed by atoms with E-state index in [0.29, 0.717) is 25.1 Å². The SMILES string of the molecule is CC(O)CCNc1cc2c(cc1N)NC(=O)CC2. The first kappa shape index (κ1) is 12.7. The largest absolute Gasteiger partial charge is 0.397 e. The van der Waals surface area contributed by atoms with Crippen LogP contribution in [0.1, 0.15) is 25.3 Å². The van der Waals surface area contributed by atoms with Crippen molar-refractivity contribution in [1.29, 1.82) is 0 Å². The Morgan fingerprint density at radius 3 is 3.00 bits per heavy atom. The fourth-order valence-electron chi connectivity index (χ4n) is 2.01. The lowest BCUT2D eigenvalue weighted by atomic mass is 10.0. The zero-order valence-electron chi connectivity index (χ0n) is 10.5. The van der Waals surface area contributed by atoms with E-state index in [1.165, 1.54) is 0 Å². The highest BCUT2D eigenvalue weighted by atomic mass is 16.3. The first-order chi connectivity index (χ1) is 8.56. The van der Waals surface area contributed by atoms with Crippen molar-refractivity contribution in [3.8, 4) is 0 Å². The summed E-state index contributed by atoms with van der Waals surface area (Å²) in [6.45, 7) is 2.43. The van der Waals surface area contributed by atoms with E-state index in [1.807, 2.05) is 6.07 Å². The van der Waals surface area contributed by atoms with Crippen molar-refractivity contribution in [3.05, 3.63) is 17.7 Å². The van der Waals surface area contributed by atoms with Crippen LogP contribution in [0.5, 0.6) is 0 Å². The Morgan fingerprint density at radius 1 is 1.50 bits per heavy atom. The molecule has 0 saturated heterocycles. The molecule has 1 amide bonds. The molecule has 0 radical (unpaired) electrons. The number of carbonyl (C=O) groups excluding carboxylic acids is 1. The molecule has 2 rings (SSSR count). The van der Waals surface area contributed by atoms with Crippen molar-refractivity contribution in [2.75, 3.05) is 22.9 Å². The Kier molecular flexibility index (Phi) is 3.72. The zero-order valence-corrected chi connectivity index (χ0v) is 10.5. The summed E-state index contributed by atoms with van der Waals surface area (Å²) in [5.41, 5.74) is 9.32. The van der Waals surface area contributed by atoms with Crippen molar-refractivity contribution in [3.63, 3.8) is 0 Å². The van der Waals surface area contributed by atoms with Gasteiger partial charge in [0, 0.05) is 18.7 Å². The van der Waals surface area contributed by atoms with Crippen LogP contribution in [0.25, 0.3) is 0 Å². The number of nitrogens with two attached hydrogens (primary N) is 1. The average Bonchev–Trinajstić information content (AvgIpc) is 2.29. The maximum absolute atomic E-state index is 11.3. The van der Waals surface area contributed by atoms with E-state index in [1.54, 1.807) is 13.0 Å². The van der Waals surface area contributed by atoms with E-state index in [0.717, 1.165) is 23.4 Å². The second-order valence-corrected chi connectivity index (χ2v) is 4.71. The van der Waals surface area contributed by atoms with Crippen LogP contribution < -0.4 is 16.4 Å². The molecule has 98 valence electrons. The number of aliphatic hydroxyl groups is 1. The lowest BCUT2D eigenvalue weighted by Crippen LogP contribution is -2.19. The van der Waals surface area contributed by atoms with Gasteiger partial charge in [-0.1, -0.05) is 0 Å². The quantitative estimate of drug-likeness (QED) is 0.606. The minimum atomic E-state index is -0.323. The van der Waals surface area contributed by atoms with Crippen LogP contribution in [-0.4, -0.2) is 23.7 Å². The summed E-state index contributed by atoms with van der Waals surface area (Å²) in [7, 11) is 0. The fraction of sp³-hybridized carbons (Fsp3) is 0.462. The number of nitrogen functional groups attached to an aromatic ring is 1. The van der Waals surface area contributed by atoms with Gasteiger partial charge in [-0.2, -0.15) is 0 Å². The summed E-state index contributed by atoms with van der Waals surface area (Å²) in [6, 6.07) is 3.77. The number of carbonyl (C=O) groups is 1. The smallest absolute Gasteiger partial charge is 0.224 e. The van der Waals surface area contributed by atoms with Gasteiger partial charge in [0.2, 0.25) is 5.91 Å². The van der Waals surface area contributed by atoms with E-state index in [-0.39, 0.29) is 12.0 Å². The molecular weight excluding hydrogens is 230 g/mol. The summed E-state index contributed by atoms with van der Waals surface area (Å²) < 4.78 is 0. The third kappa shape index (κ3) is 2.92. The van der Waals surface area contributed by atoms with Gasteiger partial charge < -0.3 is 21.5 Å². The van der Waals surface area contributed by atoms with Crippen LogP contribution in [-0.2, 0) is 11.2 Å². The highest BCUT2D eigenvalue weighted by Crippen LogP contribution is 2.30. The standard InChI is InChI=1S/C13H19N3O2/c1-8(17)4-5-15-12-6-9-2-3-13(18)16-11(9)7-10(12)14/h6-8,15,17H,2-5,14H2,1H3,(H,16,18). The minimum absolute atomic E-state index is 0.0386. The molecule has 0 bridgehead atoms. The number of hydrogen-bond donors (Lipinski definition) is 4. The van der Waals surface area contributed by atoms with E-state index < -0.39 is 0 Å². The average molecular weight is 249 g/mol. The van der Waals surface area contributed by atoms with Gasteiger partial charge in [0.05, 0.1) is 17.5 Å². The van der Waals surface area contributed by atoms with Gasteiger partial charge in [0.15, 0.2) is 0 Å². The van der Waals surface area contributed by atoms with E-state index in [4.69, 9.17) is 5.73 Å². The molecule has 1 aliphatic rings. The van der Waals surface area contributed by atoms with Crippen molar-refractivity contribution >= 4 is 23.0 Å². The van der Waals surface area contributed by atoms with Crippen LogP contribution in [0.2, 0.25) is 0 Å². The fourth-order valence-corrected chi connectivity index (χ4v) is 2.01. The Bertz CT molecular complexity index is 458. The molecule has 18 heavy (non-hydrogen) atoms. The molecule has 1 atom stereocenters. The number of fused-ring (bicyclic) bond motifs is 1. The molecule has 1 aliphatic heterocycles. The van der Waals surface area contributed by atoms with E-state index in [9.17, 15) is 9.90 Å². The predicted molar refractivity (Wildman–Crippen MR) is 72.6 cm³/mol. The number of aryl methyl sites for hydroxylation is 1. The number of nitrogens with one attached hydrogen (secondary N) is 2. The molecule has 5 N–H and O–H groups in total. The molecule has 1 unspecified atom stereocenters. The number of aliphatic hydroxyl groups excluding tert-OH is 1. The summed E-state index contributed by atoms with van der Waals surface area (Å²) in [4.78, 5) is 11.3. The first-order valence-corrected chi connectivity index (χ1v) is 6.20. The molecule has 1 aromatic rings. The Hall–Kier alpha value is -1.75. The van der Waals surface area contributed by atoms with Gasteiger partial charge in [0.25, 0.3) is 0 Å². The Balaban J connectivity index is 2.10. The van der Waals surface area contributed by atoms with Gasteiger partial charge in [-0.3, -0.25) is 4.79 Å². The maximum atomic E-state index is 11.3. The highest BCUT2D eigenvalue weighted by Gasteiger charge is 2.16. The molecule has 0 fully saturated rings. The van der Waals surface area contributed by atoms with Crippen LogP contribution in [0.3, 0.4) is 0 Å². The molecule has 5 nitrogen and oxygen atoms in total. The topological polar surface area (TPSA) is 87.4 Å². The molecule has 0 aliphatic carbocycles. The molecule has 0 aromatic heterocycles. The second-order valence-electron chi connectivity index (χ2n) is 4.71. The molecule has 0 saturated carbocycles. The van der Waals surface area contributed by atoms with E-state index >= 15 is 0 Å². The van der Waals surface area contributed by atoms with Crippen LogP contribution in [0.4, 0.5) is 17.1 Å². The maximum Gasteiger partial charge on any atom is 0.224 e. The van der Waals surface area contributed by atoms with Crippen molar-refractivity contribution in [2.24, 2.45) is 0 Å². The van der Waals surface area contributed by atoms with Gasteiger partial charge in [-0.05, 0) is 37.5 Å². The molecule has 1 heterocycles. The van der Waals surface area contributed by atoms with Gasteiger partial charge in [-0.25, -0.2) is 0 Å². The number of benzene rings is 1. The lowest BCUT2D eigenvalue weighted by molar-refractivity contribution is -0.116. The summed E-state index contributed by atoms with van der Waals surface area (Å²) >= 11 is 0. The first-order valence-electron chi connectivity index (χ1n) is 6.20. The Labute approximate surface area is 106 Å². The molecule has 1 aromatic carbocycles. The number of hydrogen-bond acceptors (Lipinski definition) is 4. The minimum Gasteiger partial charge on any atom is -0.397 e. The number of anilines is 3. The summed E-state index contributed by atoms with van der Waals surface area (Å²) in [5, 5.41) is 15.2. The van der Waals surface area contributed by atoms with Crippen molar-refractivity contribution in [1.82, 2.24) is 0 Å². The van der Waals surface area contributed by atoms with Gasteiger partial charge >= 0.3 is 0 Å². The lowest BCUT2D eigenvalue weighted by Gasteiger charge is -2.20. The molecule has 0 spiro atoms. The van der Waals surface area contributed by atoms with E-state index in [2.05, 4.69) is 10.6 Å². The van der Waals surface area contributed by atoms with Crippen LogP contribution in [0.15, 0.2) is 12.1 Å². The molecular formula is C13H19N3O2. The number of amides is 1. The van der Waals surface area contributed by atoms with Crippen molar-refractivity contribution < 1.29 is 9.90 Å². The number of rotatable bonds is 4. The normalized spacial score (nSPS) is 15.8. The summed E-state index contributed by atoms with van der Waals surface area (Å²) in [6.07, 6.45) is 1.61. The van der Waals surface area contributed by atoms with Crippen LogP contribution >= 0.6 is 0 Å².